The number of hydrogen-bond acceptors (Lipinski definition) is 5. The number of esters is 1. The first kappa shape index (κ1) is 37.3. The summed E-state index contributed by atoms with van der Waals surface area (Å²) in [6.45, 7) is 27.7. The number of carbonyl (C=O) groups is 1. The Morgan fingerprint density at radius 3 is 1.93 bits per heavy atom. The van der Waals surface area contributed by atoms with Crippen molar-refractivity contribution >= 4 is 28.7 Å². The van der Waals surface area contributed by atoms with Crippen LogP contribution in [0.1, 0.15) is 84.4 Å². The molecule has 0 bridgehead atoms. The smallest absolute Gasteiger partial charge is 0.330 e. The van der Waals surface area contributed by atoms with Crippen LogP contribution in [0.2, 0.25) is 36.3 Å². The van der Waals surface area contributed by atoms with Crippen LogP contribution in [0.3, 0.4) is 0 Å². The van der Waals surface area contributed by atoms with Crippen molar-refractivity contribution in [3.05, 3.63) is 59.2 Å². The van der Waals surface area contributed by atoms with Crippen LogP contribution in [-0.4, -0.2) is 49.0 Å². The summed E-state index contributed by atoms with van der Waals surface area (Å²) < 4.78 is 24.9. The van der Waals surface area contributed by atoms with Crippen molar-refractivity contribution in [2.24, 2.45) is 5.92 Å². The second-order valence-electron chi connectivity index (χ2n) is 15.7. The third kappa shape index (κ3) is 10.7. The predicted molar refractivity (Wildman–Crippen MR) is 194 cm³/mol. The Labute approximate surface area is 276 Å². The maximum atomic E-state index is 12.0. The molecule has 0 aliphatic heterocycles. The Balaban J connectivity index is 1.64. The van der Waals surface area contributed by atoms with Crippen LogP contribution in [0.25, 0.3) is 17.2 Å². The Kier molecular flexibility index (Phi) is 12.9. The minimum Gasteiger partial charge on any atom is -0.494 e. The lowest BCUT2D eigenvalue weighted by molar-refractivity contribution is -0.137. The summed E-state index contributed by atoms with van der Waals surface area (Å²) in [5.74, 6) is 0.934. The highest BCUT2D eigenvalue weighted by Crippen LogP contribution is 2.39. The van der Waals surface area contributed by atoms with Gasteiger partial charge in [0.2, 0.25) is 0 Å². The van der Waals surface area contributed by atoms with E-state index in [1.54, 1.807) is 0 Å². The van der Waals surface area contributed by atoms with Gasteiger partial charge in [0.05, 0.1) is 13.2 Å². The van der Waals surface area contributed by atoms with Gasteiger partial charge in [-0.1, -0.05) is 79.2 Å². The molecule has 0 amide bonds. The summed E-state index contributed by atoms with van der Waals surface area (Å²) in [5.41, 5.74) is 6.18. The molecule has 45 heavy (non-hydrogen) atoms. The first-order valence-electron chi connectivity index (χ1n) is 17.0. The van der Waals surface area contributed by atoms with Crippen molar-refractivity contribution in [2.75, 3.05) is 26.4 Å². The zero-order chi connectivity index (χ0) is 33.5. The molecule has 0 saturated carbocycles. The highest BCUT2D eigenvalue weighted by Gasteiger charge is 2.39. The van der Waals surface area contributed by atoms with Crippen LogP contribution < -0.4 is 4.74 Å². The Morgan fingerprint density at radius 1 is 0.822 bits per heavy atom. The molecule has 0 fully saturated rings. The van der Waals surface area contributed by atoms with Crippen molar-refractivity contribution in [2.45, 2.75) is 117 Å². The average Bonchev–Trinajstić information content (AvgIpc) is 2.95. The van der Waals surface area contributed by atoms with Gasteiger partial charge in [-0.15, -0.1) is 0 Å². The standard InChI is InChI=1S/C38H60O5Si2/c1-12-13-23-41-36(39)21-15-29-14-19-34-31(25-29)16-17-32-26-33(18-20-35(32)34)40-24-22-30(27-42-44(8,9)37(2,3)4)28-43-45(10,11)38(5,6)7/h14-15,18-21,25-26,30H,12-13,16-17,22-24,27-28H2,1-11H3/b21-15+. The van der Waals surface area contributed by atoms with Gasteiger partial charge in [0.1, 0.15) is 5.75 Å². The van der Waals surface area contributed by atoms with Gasteiger partial charge in [-0.2, -0.15) is 0 Å². The highest BCUT2D eigenvalue weighted by atomic mass is 28.4. The number of unbranched alkanes of at least 4 members (excludes halogenated alkanes) is 1. The lowest BCUT2D eigenvalue weighted by atomic mass is 9.84. The second kappa shape index (κ2) is 15.6. The van der Waals surface area contributed by atoms with E-state index in [1.807, 2.05) is 6.08 Å². The van der Waals surface area contributed by atoms with Crippen LogP contribution in [0, 0.1) is 5.92 Å². The molecule has 0 radical (unpaired) electrons. The number of hydrogen-bond donors (Lipinski definition) is 0. The van der Waals surface area contributed by atoms with Gasteiger partial charge in [-0.3, -0.25) is 0 Å². The van der Waals surface area contributed by atoms with Crippen molar-refractivity contribution < 1.29 is 23.1 Å². The summed E-state index contributed by atoms with van der Waals surface area (Å²) >= 11 is 0. The zero-order valence-electron chi connectivity index (χ0n) is 30.1. The fourth-order valence-corrected chi connectivity index (χ4v) is 6.93. The van der Waals surface area contributed by atoms with E-state index in [-0.39, 0.29) is 16.0 Å². The Morgan fingerprint density at radius 2 is 1.38 bits per heavy atom. The first-order chi connectivity index (χ1) is 20.9. The van der Waals surface area contributed by atoms with Gasteiger partial charge in [0.15, 0.2) is 16.6 Å². The van der Waals surface area contributed by atoms with Crippen molar-refractivity contribution in [3.63, 3.8) is 0 Å². The summed E-state index contributed by atoms with van der Waals surface area (Å²) in [7, 11) is -3.71. The SMILES string of the molecule is CCCCOC(=O)/C=C/c1ccc2c(c1)CCc1cc(OCCC(CO[Si](C)(C)C(C)(C)C)CO[Si](C)(C)C(C)(C)C)ccc1-2. The molecule has 0 heterocycles. The van der Waals surface area contributed by atoms with E-state index in [4.69, 9.17) is 18.3 Å². The van der Waals surface area contributed by atoms with Crippen LogP contribution in [0.5, 0.6) is 5.75 Å². The van der Waals surface area contributed by atoms with E-state index in [0.717, 1.165) is 43.4 Å². The van der Waals surface area contributed by atoms with E-state index in [2.05, 4.69) is 111 Å². The van der Waals surface area contributed by atoms with Gasteiger partial charge < -0.3 is 18.3 Å². The molecule has 0 atom stereocenters. The normalized spacial score (nSPS) is 14.0. The second-order valence-corrected chi connectivity index (χ2v) is 25.4. The average molecular weight is 653 g/mol. The molecule has 0 unspecified atom stereocenters. The number of benzene rings is 2. The van der Waals surface area contributed by atoms with Crippen LogP contribution in [0.15, 0.2) is 42.5 Å². The maximum absolute atomic E-state index is 12.0. The molecule has 1 aliphatic rings. The topological polar surface area (TPSA) is 54.0 Å². The lowest BCUT2D eigenvalue weighted by Gasteiger charge is -2.39. The molecule has 2 aromatic rings. The van der Waals surface area contributed by atoms with Crippen LogP contribution >= 0.6 is 0 Å². The maximum Gasteiger partial charge on any atom is 0.330 e. The summed E-state index contributed by atoms with van der Waals surface area (Å²) in [6, 6.07) is 12.9. The molecule has 3 rings (SSSR count). The molecule has 0 N–H and O–H groups in total. The van der Waals surface area contributed by atoms with Gasteiger partial charge in [-0.25, -0.2) is 4.79 Å². The van der Waals surface area contributed by atoms with Gasteiger partial charge in [-0.05, 0) is 108 Å². The third-order valence-corrected chi connectivity index (χ3v) is 19.1. The molecule has 7 heteroatoms. The number of aryl methyl sites for hydroxylation is 2. The molecule has 5 nitrogen and oxygen atoms in total. The summed E-state index contributed by atoms with van der Waals surface area (Å²) in [4.78, 5) is 12.0. The molecule has 0 spiro atoms. The molecule has 2 aromatic carbocycles. The number of rotatable bonds is 15. The molecule has 0 saturated heterocycles. The fraction of sp³-hybridized carbons (Fsp3) is 0.605. The van der Waals surface area contributed by atoms with Crippen molar-refractivity contribution in [1.82, 2.24) is 0 Å². The largest absolute Gasteiger partial charge is 0.494 e. The molecular weight excluding hydrogens is 593 g/mol. The van der Waals surface area contributed by atoms with Gasteiger partial charge >= 0.3 is 5.97 Å². The van der Waals surface area contributed by atoms with Crippen molar-refractivity contribution in [3.8, 4) is 16.9 Å². The van der Waals surface area contributed by atoms with Crippen LogP contribution in [-0.2, 0) is 31.2 Å². The number of ether oxygens (including phenoxy) is 2. The Hall–Kier alpha value is -2.20. The number of fused-ring (bicyclic) bond motifs is 3. The van der Waals surface area contributed by atoms with Crippen molar-refractivity contribution in [1.29, 1.82) is 0 Å². The van der Waals surface area contributed by atoms with E-state index in [9.17, 15) is 4.79 Å². The number of carbonyl (C=O) groups excluding carboxylic acids is 1. The summed E-state index contributed by atoms with van der Waals surface area (Å²) in [5, 5.41) is 0.354. The minimum absolute atomic E-state index is 0.177. The molecule has 0 aromatic heterocycles. The highest BCUT2D eigenvalue weighted by molar-refractivity contribution is 6.74. The monoisotopic (exact) mass is 652 g/mol. The van der Waals surface area contributed by atoms with E-state index >= 15 is 0 Å². The molecular formula is C38H60O5Si2. The predicted octanol–water partition coefficient (Wildman–Crippen LogP) is 10.2. The lowest BCUT2D eigenvalue weighted by Crippen LogP contribution is -2.44. The summed E-state index contributed by atoms with van der Waals surface area (Å²) in [6.07, 6.45) is 8.11. The van der Waals surface area contributed by atoms with Crippen LogP contribution in [0.4, 0.5) is 0 Å². The van der Waals surface area contributed by atoms with E-state index in [0.29, 0.717) is 32.3 Å². The minimum atomic E-state index is -1.86. The fourth-order valence-electron chi connectivity index (χ4n) is 4.76. The molecule has 1 aliphatic carbocycles. The van der Waals surface area contributed by atoms with Gasteiger partial charge in [0, 0.05) is 25.2 Å². The van der Waals surface area contributed by atoms with Gasteiger partial charge in [0.25, 0.3) is 0 Å². The first-order valence-corrected chi connectivity index (χ1v) is 22.8. The third-order valence-electron chi connectivity index (χ3n) is 10.1. The zero-order valence-corrected chi connectivity index (χ0v) is 32.1. The van der Waals surface area contributed by atoms with E-state index in [1.165, 1.54) is 28.3 Å². The molecule has 250 valence electrons. The Bertz CT molecular complexity index is 1270. The quantitative estimate of drug-likeness (QED) is 0.0829. The van der Waals surface area contributed by atoms with E-state index < -0.39 is 16.6 Å².